The van der Waals surface area contributed by atoms with Crippen LogP contribution in [0.1, 0.15) is 24.4 Å². The molecule has 0 aliphatic rings. The minimum absolute atomic E-state index is 0.0442. The van der Waals surface area contributed by atoms with E-state index in [1.807, 2.05) is 73.1 Å². The first kappa shape index (κ1) is 20.7. The predicted octanol–water partition coefficient (Wildman–Crippen LogP) is 3.37. The van der Waals surface area contributed by atoms with E-state index < -0.39 is 0 Å². The molecule has 8 heteroatoms. The van der Waals surface area contributed by atoms with Gasteiger partial charge in [0.05, 0.1) is 18.9 Å². The molecular formula is C21H24N4O3S. The Kier molecular flexibility index (Phi) is 7.13. The quantitative estimate of drug-likeness (QED) is 0.543. The first-order valence-electron chi connectivity index (χ1n) is 9.19. The number of carbonyl (C=O) groups excluding carboxylic acids is 1. The highest BCUT2D eigenvalue weighted by Crippen LogP contribution is 2.20. The Labute approximate surface area is 174 Å². The minimum Gasteiger partial charge on any atom is -0.497 e. The Bertz CT molecular complexity index is 929. The van der Waals surface area contributed by atoms with Gasteiger partial charge in [0, 0.05) is 7.05 Å². The summed E-state index contributed by atoms with van der Waals surface area (Å²) in [4.78, 5) is 12.3. The van der Waals surface area contributed by atoms with Gasteiger partial charge in [-0.1, -0.05) is 42.1 Å². The van der Waals surface area contributed by atoms with Crippen LogP contribution in [-0.2, 0) is 18.4 Å². The van der Waals surface area contributed by atoms with E-state index in [9.17, 15) is 4.79 Å². The largest absolute Gasteiger partial charge is 0.497 e. The Morgan fingerprint density at radius 1 is 1.10 bits per heavy atom. The van der Waals surface area contributed by atoms with Gasteiger partial charge in [-0.15, -0.1) is 10.2 Å². The van der Waals surface area contributed by atoms with Gasteiger partial charge < -0.3 is 19.4 Å². The number of aromatic nitrogens is 3. The zero-order valence-corrected chi connectivity index (χ0v) is 17.5. The van der Waals surface area contributed by atoms with Crippen molar-refractivity contribution in [3.63, 3.8) is 0 Å². The number of nitrogens with one attached hydrogen (secondary N) is 1. The third kappa shape index (κ3) is 5.74. The number of nitrogens with zero attached hydrogens (tertiary/aromatic N) is 3. The molecule has 7 nitrogen and oxygen atoms in total. The Hall–Kier alpha value is -3.00. The van der Waals surface area contributed by atoms with Gasteiger partial charge in [-0.3, -0.25) is 4.79 Å². The first-order chi connectivity index (χ1) is 14.1. The smallest absolute Gasteiger partial charge is 0.230 e. The van der Waals surface area contributed by atoms with Crippen molar-refractivity contribution < 1.29 is 14.3 Å². The molecule has 0 fully saturated rings. The summed E-state index contributed by atoms with van der Waals surface area (Å²) < 4.78 is 12.7. The summed E-state index contributed by atoms with van der Waals surface area (Å²) in [6, 6.07) is 17.2. The topological polar surface area (TPSA) is 78.3 Å². The van der Waals surface area contributed by atoms with Crippen molar-refractivity contribution in [1.82, 2.24) is 20.1 Å². The number of methoxy groups -OCH3 is 1. The lowest BCUT2D eigenvalue weighted by atomic mass is 10.1. The van der Waals surface area contributed by atoms with Crippen LogP contribution in [0, 0.1) is 0 Å². The van der Waals surface area contributed by atoms with Crippen LogP contribution >= 0.6 is 11.8 Å². The molecule has 0 spiro atoms. The van der Waals surface area contributed by atoms with Crippen LogP contribution in [0.5, 0.6) is 11.5 Å². The van der Waals surface area contributed by atoms with Gasteiger partial charge in [-0.05, 0) is 36.8 Å². The molecule has 0 aliphatic carbocycles. The Balaban J connectivity index is 1.49. The average molecular weight is 413 g/mol. The van der Waals surface area contributed by atoms with E-state index >= 15 is 0 Å². The maximum atomic E-state index is 12.3. The van der Waals surface area contributed by atoms with Crippen molar-refractivity contribution in [2.45, 2.75) is 24.7 Å². The molecule has 152 valence electrons. The van der Waals surface area contributed by atoms with Crippen LogP contribution in [0.2, 0.25) is 0 Å². The monoisotopic (exact) mass is 412 g/mol. The molecule has 1 aromatic heterocycles. The highest BCUT2D eigenvalue weighted by molar-refractivity contribution is 7.99. The van der Waals surface area contributed by atoms with Gasteiger partial charge in [0.1, 0.15) is 18.1 Å². The predicted molar refractivity (Wildman–Crippen MR) is 112 cm³/mol. The molecule has 1 heterocycles. The van der Waals surface area contributed by atoms with E-state index in [0.717, 1.165) is 17.1 Å². The van der Waals surface area contributed by atoms with Crippen LogP contribution in [0.3, 0.4) is 0 Å². The van der Waals surface area contributed by atoms with Crippen molar-refractivity contribution in [3.05, 3.63) is 66.0 Å². The summed E-state index contributed by atoms with van der Waals surface area (Å²) in [6.07, 6.45) is 0. The van der Waals surface area contributed by atoms with Gasteiger partial charge in [-0.2, -0.15) is 0 Å². The van der Waals surface area contributed by atoms with Crippen LogP contribution in [0.4, 0.5) is 0 Å². The summed E-state index contributed by atoms with van der Waals surface area (Å²) in [5.41, 5.74) is 1.07. The molecule has 0 unspecified atom stereocenters. The summed E-state index contributed by atoms with van der Waals surface area (Å²) in [6.45, 7) is 2.25. The molecule has 1 atom stereocenters. The number of hydrogen-bond donors (Lipinski definition) is 1. The van der Waals surface area contributed by atoms with Gasteiger partial charge in [-0.25, -0.2) is 0 Å². The summed E-state index contributed by atoms with van der Waals surface area (Å²) in [5.74, 6) is 2.39. The summed E-state index contributed by atoms with van der Waals surface area (Å²) in [7, 11) is 3.48. The summed E-state index contributed by atoms with van der Waals surface area (Å²) >= 11 is 1.34. The lowest BCUT2D eigenvalue weighted by Gasteiger charge is -2.14. The minimum atomic E-state index is -0.0506. The zero-order chi connectivity index (χ0) is 20.6. The molecule has 0 aliphatic heterocycles. The van der Waals surface area contributed by atoms with Gasteiger partial charge in [0.25, 0.3) is 0 Å². The number of thioether (sulfide) groups is 1. The van der Waals surface area contributed by atoms with Gasteiger partial charge in [0.2, 0.25) is 5.91 Å². The number of hydrogen-bond acceptors (Lipinski definition) is 6. The maximum absolute atomic E-state index is 12.3. The average Bonchev–Trinajstić information content (AvgIpc) is 3.11. The fraction of sp³-hybridized carbons (Fsp3) is 0.286. The molecule has 29 heavy (non-hydrogen) atoms. The Morgan fingerprint density at radius 3 is 2.48 bits per heavy atom. The molecule has 0 saturated carbocycles. The van der Waals surface area contributed by atoms with Crippen LogP contribution in [0.25, 0.3) is 0 Å². The normalized spacial score (nSPS) is 11.7. The number of ether oxygens (including phenoxy) is 2. The van der Waals surface area contributed by atoms with E-state index in [1.165, 1.54) is 11.8 Å². The van der Waals surface area contributed by atoms with Crippen molar-refractivity contribution in [2.75, 3.05) is 12.9 Å². The lowest BCUT2D eigenvalue weighted by Crippen LogP contribution is -2.28. The van der Waals surface area contributed by atoms with Gasteiger partial charge >= 0.3 is 0 Å². The van der Waals surface area contributed by atoms with Crippen molar-refractivity contribution in [3.8, 4) is 11.5 Å². The third-order valence-corrected chi connectivity index (χ3v) is 5.38. The van der Waals surface area contributed by atoms with E-state index in [4.69, 9.17) is 9.47 Å². The number of amides is 1. The third-order valence-electron chi connectivity index (χ3n) is 4.36. The SMILES string of the molecule is COc1ccc(OCc2nnc(SCC(=O)N[C@@H](C)c3ccccc3)n2C)cc1. The second-order valence-electron chi connectivity index (χ2n) is 6.41. The van der Waals surface area contributed by atoms with Crippen LogP contribution in [0.15, 0.2) is 59.8 Å². The van der Waals surface area contributed by atoms with E-state index in [2.05, 4.69) is 15.5 Å². The van der Waals surface area contributed by atoms with E-state index in [0.29, 0.717) is 11.0 Å². The molecule has 3 aromatic rings. The number of carbonyl (C=O) groups is 1. The fourth-order valence-corrected chi connectivity index (χ4v) is 3.40. The molecule has 2 aromatic carbocycles. The maximum Gasteiger partial charge on any atom is 0.230 e. The lowest BCUT2D eigenvalue weighted by molar-refractivity contribution is -0.119. The van der Waals surface area contributed by atoms with Crippen molar-refractivity contribution in [1.29, 1.82) is 0 Å². The number of benzene rings is 2. The van der Waals surface area contributed by atoms with Crippen molar-refractivity contribution in [2.24, 2.45) is 7.05 Å². The second kappa shape index (κ2) is 9.97. The first-order valence-corrected chi connectivity index (χ1v) is 10.2. The highest BCUT2D eigenvalue weighted by atomic mass is 32.2. The molecular weight excluding hydrogens is 388 g/mol. The molecule has 0 radical (unpaired) electrons. The zero-order valence-electron chi connectivity index (χ0n) is 16.7. The summed E-state index contributed by atoms with van der Waals surface area (Å²) in [5, 5.41) is 12.0. The van der Waals surface area contributed by atoms with E-state index in [-0.39, 0.29) is 24.3 Å². The molecule has 1 N–H and O–H groups in total. The second-order valence-corrected chi connectivity index (χ2v) is 7.35. The van der Waals surface area contributed by atoms with Crippen LogP contribution in [-0.4, -0.2) is 33.5 Å². The van der Waals surface area contributed by atoms with Gasteiger partial charge in [0.15, 0.2) is 11.0 Å². The molecule has 0 bridgehead atoms. The molecule has 0 saturated heterocycles. The molecule has 3 rings (SSSR count). The standard InChI is InChI=1S/C21H24N4O3S/c1-15(16-7-5-4-6-8-16)22-20(26)14-29-21-24-23-19(25(21)2)13-28-18-11-9-17(27-3)10-12-18/h4-12,15H,13-14H2,1-3H3,(H,22,26)/t15-/m0/s1. The molecule has 1 amide bonds. The van der Waals surface area contributed by atoms with Crippen LogP contribution < -0.4 is 14.8 Å². The number of rotatable bonds is 9. The highest BCUT2D eigenvalue weighted by Gasteiger charge is 2.14. The fourth-order valence-electron chi connectivity index (χ4n) is 2.65. The Morgan fingerprint density at radius 2 is 1.79 bits per heavy atom. The van der Waals surface area contributed by atoms with E-state index in [1.54, 1.807) is 7.11 Å². The van der Waals surface area contributed by atoms with Crippen molar-refractivity contribution >= 4 is 17.7 Å².